The number of benzene rings is 1. The van der Waals surface area contributed by atoms with E-state index in [1.807, 2.05) is 42.6 Å². The summed E-state index contributed by atoms with van der Waals surface area (Å²) in [5.41, 5.74) is 8.60. The standard InChI is InChI=1S/C26H30ClN5O2/c27-19-7-5-18(6-8-19)26(11-12-26)25(34)31-15-21(28)16-1-3-17(4-2-16)24(33)32-22-10-14-30-23-20(22)9-13-29-23/h5-10,13-14,16-17,21H,1-4,11-12,15,28H2,(H,31,34)(H2,29,30,32,33). The number of pyridine rings is 1. The minimum atomic E-state index is -0.433. The van der Waals surface area contributed by atoms with Crippen molar-refractivity contribution in [3.63, 3.8) is 0 Å². The number of H-pyrrole nitrogens is 1. The van der Waals surface area contributed by atoms with Gasteiger partial charge in [0, 0.05) is 41.3 Å². The van der Waals surface area contributed by atoms with Crippen LogP contribution in [0.3, 0.4) is 0 Å². The molecule has 2 saturated carbocycles. The molecule has 1 atom stereocenters. The van der Waals surface area contributed by atoms with Crippen molar-refractivity contribution in [2.45, 2.75) is 50.0 Å². The molecule has 5 rings (SSSR count). The summed E-state index contributed by atoms with van der Waals surface area (Å²) in [6, 6.07) is 11.2. The zero-order chi connectivity index (χ0) is 23.7. The van der Waals surface area contributed by atoms with Crippen molar-refractivity contribution in [2.75, 3.05) is 11.9 Å². The lowest BCUT2D eigenvalue weighted by atomic mass is 9.78. The Labute approximate surface area is 203 Å². The monoisotopic (exact) mass is 479 g/mol. The fourth-order valence-electron chi connectivity index (χ4n) is 5.20. The smallest absolute Gasteiger partial charge is 0.230 e. The fraction of sp³-hybridized carbons (Fsp3) is 0.423. The first kappa shape index (κ1) is 22.9. The molecule has 5 N–H and O–H groups in total. The molecule has 8 heteroatoms. The quantitative estimate of drug-likeness (QED) is 0.408. The number of fused-ring (bicyclic) bond motifs is 1. The van der Waals surface area contributed by atoms with Crippen LogP contribution >= 0.6 is 11.6 Å². The predicted molar refractivity (Wildman–Crippen MR) is 134 cm³/mol. The third-order valence-electron chi connectivity index (χ3n) is 7.55. The van der Waals surface area contributed by atoms with E-state index in [4.69, 9.17) is 17.3 Å². The van der Waals surface area contributed by atoms with Crippen molar-refractivity contribution in [3.05, 3.63) is 59.4 Å². The molecule has 3 aromatic rings. The van der Waals surface area contributed by atoms with E-state index in [9.17, 15) is 9.59 Å². The van der Waals surface area contributed by atoms with Gasteiger partial charge in [0.15, 0.2) is 0 Å². The van der Waals surface area contributed by atoms with Crippen LogP contribution in [0.25, 0.3) is 11.0 Å². The van der Waals surface area contributed by atoms with E-state index in [1.54, 1.807) is 6.20 Å². The number of hydrogen-bond donors (Lipinski definition) is 4. The Morgan fingerprint density at radius 1 is 1.12 bits per heavy atom. The van der Waals surface area contributed by atoms with E-state index >= 15 is 0 Å². The minimum absolute atomic E-state index is 0.0279. The third-order valence-corrected chi connectivity index (χ3v) is 7.80. The molecule has 0 radical (unpaired) electrons. The number of aromatic amines is 1. The molecule has 2 amide bonds. The van der Waals surface area contributed by atoms with Gasteiger partial charge in [0.2, 0.25) is 11.8 Å². The van der Waals surface area contributed by atoms with Crippen LogP contribution in [-0.4, -0.2) is 34.4 Å². The first-order valence-electron chi connectivity index (χ1n) is 12.0. The molecule has 2 aromatic heterocycles. The van der Waals surface area contributed by atoms with Crippen LogP contribution in [0.1, 0.15) is 44.1 Å². The molecule has 2 fully saturated rings. The van der Waals surface area contributed by atoms with Crippen molar-refractivity contribution in [2.24, 2.45) is 17.6 Å². The molecule has 34 heavy (non-hydrogen) atoms. The topological polar surface area (TPSA) is 113 Å². The van der Waals surface area contributed by atoms with Gasteiger partial charge in [-0.1, -0.05) is 23.7 Å². The van der Waals surface area contributed by atoms with Crippen molar-refractivity contribution in [3.8, 4) is 0 Å². The molecule has 178 valence electrons. The van der Waals surface area contributed by atoms with Gasteiger partial charge >= 0.3 is 0 Å². The average Bonchev–Trinajstić information content (AvgIpc) is 3.52. The lowest BCUT2D eigenvalue weighted by Crippen LogP contribution is -2.46. The first-order chi connectivity index (χ1) is 16.5. The van der Waals surface area contributed by atoms with Crippen LogP contribution in [0.4, 0.5) is 5.69 Å². The second-order valence-corrected chi connectivity index (χ2v) is 10.1. The van der Waals surface area contributed by atoms with Gasteiger partial charge in [-0.3, -0.25) is 9.59 Å². The summed E-state index contributed by atoms with van der Waals surface area (Å²) in [6.45, 7) is 0.457. The highest BCUT2D eigenvalue weighted by Gasteiger charge is 2.51. The van der Waals surface area contributed by atoms with Crippen LogP contribution in [0.15, 0.2) is 48.8 Å². The summed E-state index contributed by atoms with van der Waals surface area (Å²) in [5.74, 6) is 0.367. The molecule has 7 nitrogen and oxygen atoms in total. The molecule has 0 aliphatic heterocycles. The van der Waals surface area contributed by atoms with E-state index in [0.717, 1.165) is 60.8 Å². The van der Waals surface area contributed by atoms with E-state index in [1.165, 1.54) is 0 Å². The second-order valence-electron chi connectivity index (χ2n) is 9.66. The first-order valence-corrected chi connectivity index (χ1v) is 12.4. The highest BCUT2D eigenvalue weighted by Crippen LogP contribution is 2.48. The molecule has 0 spiro atoms. The van der Waals surface area contributed by atoms with Crippen LogP contribution in [0, 0.1) is 11.8 Å². The Bertz CT molecular complexity index is 1180. The van der Waals surface area contributed by atoms with Gasteiger partial charge in [0.1, 0.15) is 5.65 Å². The predicted octanol–water partition coefficient (Wildman–Crippen LogP) is 4.14. The highest BCUT2D eigenvalue weighted by molar-refractivity contribution is 6.30. The summed E-state index contributed by atoms with van der Waals surface area (Å²) < 4.78 is 0. The third kappa shape index (κ3) is 4.55. The number of aromatic nitrogens is 2. The van der Waals surface area contributed by atoms with Gasteiger partial charge in [-0.05, 0) is 74.3 Å². The normalized spacial score (nSPS) is 22.2. The van der Waals surface area contributed by atoms with E-state index < -0.39 is 5.41 Å². The number of carbonyl (C=O) groups excluding carboxylic acids is 2. The van der Waals surface area contributed by atoms with Gasteiger partial charge in [-0.15, -0.1) is 0 Å². The second kappa shape index (κ2) is 9.39. The zero-order valence-electron chi connectivity index (χ0n) is 19.0. The number of anilines is 1. The fourth-order valence-corrected chi connectivity index (χ4v) is 5.33. The van der Waals surface area contributed by atoms with Crippen LogP contribution in [-0.2, 0) is 15.0 Å². The molecular weight excluding hydrogens is 450 g/mol. The Hall–Kier alpha value is -2.90. The summed E-state index contributed by atoms with van der Waals surface area (Å²) in [6.07, 6.45) is 8.57. The van der Waals surface area contributed by atoms with E-state index in [2.05, 4.69) is 20.6 Å². The molecule has 0 saturated heterocycles. The Morgan fingerprint density at radius 3 is 2.56 bits per heavy atom. The Balaban J connectivity index is 1.10. The number of nitrogens with one attached hydrogen (secondary N) is 3. The molecule has 2 aliphatic rings. The number of rotatable bonds is 7. The van der Waals surface area contributed by atoms with Gasteiger partial charge in [-0.25, -0.2) is 4.98 Å². The number of halogens is 1. The number of nitrogens with zero attached hydrogens (tertiary/aromatic N) is 1. The van der Waals surface area contributed by atoms with Crippen molar-refractivity contribution in [1.82, 2.24) is 15.3 Å². The van der Waals surface area contributed by atoms with Gasteiger partial charge in [0.25, 0.3) is 0 Å². The number of carbonyl (C=O) groups is 2. The molecule has 0 bridgehead atoms. The minimum Gasteiger partial charge on any atom is -0.354 e. The molecule has 1 aromatic carbocycles. The summed E-state index contributed by atoms with van der Waals surface area (Å²) in [7, 11) is 0. The maximum absolute atomic E-state index is 12.9. The lowest BCUT2D eigenvalue weighted by molar-refractivity contribution is -0.123. The zero-order valence-corrected chi connectivity index (χ0v) is 19.8. The maximum Gasteiger partial charge on any atom is 0.230 e. The number of amides is 2. The van der Waals surface area contributed by atoms with Gasteiger partial charge < -0.3 is 21.4 Å². The van der Waals surface area contributed by atoms with Gasteiger partial charge in [0.05, 0.1) is 11.1 Å². The van der Waals surface area contributed by atoms with E-state index in [-0.39, 0.29) is 23.8 Å². The Kier molecular flexibility index (Phi) is 6.32. The summed E-state index contributed by atoms with van der Waals surface area (Å²) in [5, 5.41) is 7.75. The van der Waals surface area contributed by atoms with Crippen LogP contribution in [0.2, 0.25) is 5.02 Å². The molecule has 2 heterocycles. The SMILES string of the molecule is NC(CNC(=O)C1(c2ccc(Cl)cc2)CC1)C1CCC(C(=O)Nc2ccnc3[nH]ccc23)CC1. The Morgan fingerprint density at radius 2 is 1.85 bits per heavy atom. The molecular formula is C26H30ClN5O2. The molecule has 1 unspecified atom stereocenters. The largest absolute Gasteiger partial charge is 0.354 e. The van der Waals surface area contributed by atoms with Crippen LogP contribution < -0.4 is 16.4 Å². The summed E-state index contributed by atoms with van der Waals surface area (Å²) >= 11 is 5.99. The highest BCUT2D eigenvalue weighted by atomic mass is 35.5. The molecule has 2 aliphatic carbocycles. The number of nitrogens with two attached hydrogens (primary N) is 1. The van der Waals surface area contributed by atoms with Crippen molar-refractivity contribution < 1.29 is 9.59 Å². The summed E-state index contributed by atoms with van der Waals surface area (Å²) in [4.78, 5) is 33.1. The van der Waals surface area contributed by atoms with Gasteiger partial charge in [-0.2, -0.15) is 0 Å². The average molecular weight is 480 g/mol. The lowest BCUT2D eigenvalue weighted by Gasteiger charge is -2.32. The maximum atomic E-state index is 12.9. The van der Waals surface area contributed by atoms with Crippen molar-refractivity contribution in [1.29, 1.82) is 0 Å². The number of hydrogen-bond acceptors (Lipinski definition) is 4. The van der Waals surface area contributed by atoms with Crippen LogP contribution in [0.5, 0.6) is 0 Å². The van der Waals surface area contributed by atoms with Crippen molar-refractivity contribution >= 4 is 40.1 Å². The van der Waals surface area contributed by atoms with E-state index in [0.29, 0.717) is 17.5 Å².